The van der Waals surface area contributed by atoms with E-state index < -0.39 is 0 Å². The van der Waals surface area contributed by atoms with Crippen LogP contribution in [0.2, 0.25) is 5.15 Å². The summed E-state index contributed by atoms with van der Waals surface area (Å²) in [5, 5.41) is 8.45. The summed E-state index contributed by atoms with van der Waals surface area (Å²) in [5.41, 5.74) is 5.97. The van der Waals surface area contributed by atoms with E-state index in [1.165, 1.54) is 0 Å². The molecule has 2 fully saturated rings. The van der Waals surface area contributed by atoms with Gasteiger partial charge < -0.3 is 10.6 Å². The second-order valence-corrected chi connectivity index (χ2v) is 5.26. The van der Waals surface area contributed by atoms with E-state index in [-0.39, 0.29) is 12.4 Å². The molecule has 1 aliphatic heterocycles. The third-order valence-electron chi connectivity index (χ3n) is 3.73. The van der Waals surface area contributed by atoms with Gasteiger partial charge in [-0.1, -0.05) is 11.6 Å². The van der Waals surface area contributed by atoms with Crippen molar-refractivity contribution in [1.29, 1.82) is 0 Å². The highest BCUT2D eigenvalue weighted by molar-refractivity contribution is 6.29. The zero-order valence-electron chi connectivity index (χ0n) is 9.42. The topological polar surface area (TPSA) is 55.0 Å². The summed E-state index contributed by atoms with van der Waals surface area (Å²) in [5.74, 6) is 2.42. The van der Waals surface area contributed by atoms with E-state index in [0.29, 0.717) is 11.2 Å². The molecule has 1 aromatic heterocycles. The monoisotopic (exact) mass is 274 g/mol. The number of halogens is 2. The number of aromatic nitrogens is 2. The molecular formula is C11H16Cl2N4. The van der Waals surface area contributed by atoms with E-state index in [1.54, 1.807) is 6.07 Å². The van der Waals surface area contributed by atoms with Crippen LogP contribution in [0.25, 0.3) is 0 Å². The van der Waals surface area contributed by atoms with Crippen molar-refractivity contribution in [3.63, 3.8) is 0 Å². The second-order valence-electron chi connectivity index (χ2n) is 4.87. The van der Waals surface area contributed by atoms with Crippen molar-refractivity contribution >= 4 is 29.8 Å². The molecule has 0 radical (unpaired) electrons. The molecule has 2 N–H and O–H groups in total. The van der Waals surface area contributed by atoms with Gasteiger partial charge in [-0.3, -0.25) is 0 Å². The van der Waals surface area contributed by atoms with Crippen LogP contribution in [0, 0.1) is 11.8 Å². The van der Waals surface area contributed by atoms with Crippen LogP contribution in [-0.4, -0.2) is 29.3 Å². The first-order valence-electron chi connectivity index (χ1n) is 5.72. The van der Waals surface area contributed by atoms with Crippen molar-refractivity contribution in [2.75, 3.05) is 18.0 Å². The molecule has 17 heavy (non-hydrogen) atoms. The summed E-state index contributed by atoms with van der Waals surface area (Å²) < 4.78 is 0. The zero-order valence-corrected chi connectivity index (χ0v) is 11.0. The SMILES string of the molecule is Cl.NC1CC2CN(c3ccc(Cl)nn3)CC2C1. The van der Waals surface area contributed by atoms with E-state index in [4.69, 9.17) is 17.3 Å². The Bertz CT molecular complexity index is 370. The van der Waals surface area contributed by atoms with Crippen molar-refractivity contribution in [1.82, 2.24) is 10.2 Å². The molecule has 94 valence electrons. The van der Waals surface area contributed by atoms with Crippen LogP contribution >= 0.6 is 24.0 Å². The quantitative estimate of drug-likeness (QED) is 0.848. The summed E-state index contributed by atoms with van der Waals surface area (Å²) in [6.07, 6.45) is 2.31. The highest BCUT2D eigenvalue weighted by atomic mass is 35.5. The summed E-state index contributed by atoms with van der Waals surface area (Å²) in [7, 11) is 0. The predicted octanol–water partition coefficient (Wildman–Crippen LogP) is 1.73. The summed E-state index contributed by atoms with van der Waals surface area (Å²) in [6.45, 7) is 2.13. The number of anilines is 1. The molecule has 1 aliphatic carbocycles. The molecular weight excluding hydrogens is 259 g/mol. The number of hydrogen-bond donors (Lipinski definition) is 1. The highest BCUT2D eigenvalue weighted by Gasteiger charge is 2.39. The van der Waals surface area contributed by atoms with Crippen LogP contribution < -0.4 is 10.6 Å². The molecule has 2 atom stereocenters. The lowest BCUT2D eigenvalue weighted by Gasteiger charge is -2.18. The molecule has 1 saturated heterocycles. The van der Waals surface area contributed by atoms with Gasteiger partial charge in [0.2, 0.25) is 0 Å². The molecule has 0 aromatic carbocycles. The molecule has 1 saturated carbocycles. The molecule has 1 aromatic rings. The molecule has 4 nitrogen and oxygen atoms in total. The van der Waals surface area contributed by atoms with Gasteiger partial charge >= 0.3 is 0 Å². The zero-order chi connectivity index (χ0) is 11.1. The average molecular weight is 275 g/mol. The van der Waals surface area contributed by atoms with Gasteiger partial charge in [-0.05, 0) is 36.8 Å². The Morgan fingerprint density at radius 3 is 2.35 bits per heavy atom. The molecule has 0 amide bonds. The van der Waals surface area contributed by atoms with Gasteiger partial charge in [-0.25, -0.2) is 0 Å². The maximum atomic E-state index is 5.97. The Hall–Kier alpha value is -0.580. The minimum absolute atomic E-state index is 0. The predicted molar refractivity (Wildman–Crippen MR) is 70.7 cm³/mol. The van der Waals surface area contributed by atoms with Gasteiger partial charge in [0, 0.05) is 19.1 Å². The van der Waals surface area contributed by atoms with E-state index in [9.17, 15) is 0 Å². The molecule has 3 rings (SSSR count). The Morgan fingerprint density at radius 1 is 1.18 bits per heavy atom. The lowest BCUT2D eigenvalue weighted by atomic mass is 10.0. The van der Waals surface area contributed by atoms with Gasteiger partial charge in [-0.15, -0.1) is 22.6 Å². The Balaban J connectivity index is 0.00000108. The second kappa shape index (κ2) is 4.96. The van der Waals surface area contributed by atoms with Gasteiger partial charge in [0.25, 0.3) is 0 Å². The van der Waals surface area contributed by atoms with E-state index in [2.05, 4.69) is 15.1 Å². The molecule has 6 heteroatoms. The smallest absolute Gasteiger partial charge is 0.151 e. The molecule has 2 unspecified atom stereocenters. The fourth-order valence-electron chi connectivity index (χ4n) is 3.01. The molecule has 0 bridgehead atoms. The Morgan fingerprint density at radius 2 is 1.82 bits per heavy atom. The van der Waals surface area contributed by atoms with E-state index in [1.807, 2.05) is 6.07 Å². The highest BCUT2D eigenvalue weighted by Crippen LogP contribution is 2.38. The summed E-state index contributed by atoms with van der Waals surface area (Å²) in [6, 6.07) is 4.15. The minimum atomic E-state index is 0. The van der Waals surface area contributed by atoms with Gasteiger partial charge in [0.15, 0.2) is 11.0 Å². The van der Waals surface area contributed by atoms with Crippen LogP contribution in [0.3, 0.4) is 0 Å². The van der Waals surface area contributed by atoms with Crippen molar-refractivity contribution in [2.24, 2.45) is 17.6 Å². The first kappa shape index (κ1) is 12.9. The summed E-state index contributed by atoms with van der Waals surface area (Å²) >= 11 is 5.72. The number of rotatable bonds is 1. The van der Waals surface area contributed by atoms with Crippen molar-refractivity contribution < 1.29 is 0 Å². The van der Waals surface area contributed by atoms with Crippen molar-refractivity contribution in [3.05, 3.63) is 17.3 Å². The fraction of sp³-hybridized carbons (Fsp3) is 0.636. The van der Waals surface area contributed by atoms with Gasteiger partial charge in [0.05, 0.1) is 0 Å². The normalized spacial score (nSPS) is 31.2. The van der Waals surface area contributed by atoms with E-state index >= 15 is 0 Å². The maximum absolute atomic E-state index is 5.97. The van der Waals surface area contributed by atoms with Crippen molar-refractivity contribution in [3.8, 4) is 0 Å². The van der Waals surface area contributed by atoms with Crippen LogP contribution in [0.1, 0.15) is 12.8 Å². The first-order valence-corrected chi connectivity index (χ1v) is 6.10. The van der Waals surface area contributed by atoms with Crippen LogP contribution in [-0.2, 0) is 0 Å². The fourth-order valence-corrected chi connectivity index (χ4v) is 3.11. The number of fused-ring (bicyclic) bond motifs is 1. The standard InChI is InChI=1S/C11H15ClN4.ClH/c12-10-1-2-11(15-14-10)16-5-7-3-9(13)4-8(7)6-16;/h1-2,7-9H,3-6,13H2;1H. The van der Waals surface area contributed by atoms with Crippen molar-refractivity contribution in [2.45, 2.75) is 18.9 Å². The van der Waals surface area contributed by atoms with Crippen LogP contribution in [0.15, 0.2) is 12.1 Å². The van der Waals surface area contributed by atoms with Crippen LogP contribution in [0.4, 0.5) is 5.82 Å². The lowest BCUT2D eigenvalue weighted by Crippen LogP contribution is -2.25. The minimum Gasteiger partial charge on any atom is -0.355 e. The Labute approximate surface area is 112 Å². The summed E-state index contributed by atoms with van der Waals surface area (Å²) in [4.78, 5) is 2.30. The Kier molecular flexibility index (Phi) is 3.76. The van der Waals surface area contributed by atoms with E-state index in [0.717, 1.165) is 43.6 Å². The average Bonchev–Trinajstić information content (AvgIpc) is 2.75. The lowest BCUT2D eigenvalue weighted by molar-refractivity contribution is 0.494. The number of nitrogens with two attached hydrogens (primary N) is 1. The van der Waals surface area contributed by atoms with Crippen LogP contribution in [0.5, 0.6) is 0 Å². The number of nitrogens with zero attached hydrogens (tertiary/aromatic N) is 3. The third-order valence-corrected chi connectivity index (χ3v) is 3.93. The first-order chi connectivity index (χ1) is 7.72. The third kappa shape index (κ3) is 2.49. The van der Waals surface area contributed by atoms with Gasteiger partial charge in [0.1, 0.15) is 0 Å². The number of hydrogen-bond acceptors (Lipinski definition) is 4. The molecule has 0 spiro atoms. The molecule has 2 heterocycles. The van der Waals surface area contributed by atoms with Gasteiger partial charge in [-0.2, -0.15) is 0 Å². The largest absolute Gasteiger partial charge is 0.355 e. The maximum Gasteiger partial charge on any atom is 0.151 e. The molecule has 2 aliphatic rings.